The Morgan fingerprint density at radius 3 is 2.07 bits per heavy atom. The second-order valence-corrected chi connectivity index (χ2v) is 16.4. The number of hydrogen-bond acceptors (Lipinski definition) is 15. The summed E-state index contributed by atoms with van der Waals surface area (Å²) in [5.41, 5.74) is -3.80. The third-order valence-corrected chi connectivity index (χ3v) is 12.0. The number of fused-ring (bicyclic) bond motifs is 2. The first kappa shape index (κ1) is 45.5. The number of hydrogen-bond donors (Lipinski definition) is 2. The quantitative estimate of drug-likeness (QED) is 0.0202. The summed E-state index contributed by atoms with van der Waals surface area (Å²) in [5.74, 6) is -0.755. The van der Waals surface area contributed by atoms with E-state index >= 15 is 0 Å². The smallest absolute Gasteiger partial charge is 0.485 e. The van der Waals surface area contributed by atoms with Gasteiger partial charge in [0.1, 0.15) is 25.1 Å². The number of imidazole rings is 1. The number of alkyl halides is 3. The summed E-state index contributed by atoms with van der Waals surface area (Å²) >= 11 is 3.04. The van der Waals surface area contributed by atoms with E-state index in [1.807, 2.05) is 23.8 Å². The Labute approximate surface area is 346 Å². The molecule has 2 aliphatic heterocycles. The van der Waals surface area contributed by atoms with Crippen molar-refractivity contribution in [1.82, 2.24) is 14.6 Å². The molecular weight excluding hydrogens is 866 g/mol. The van der Waals surface area contributed by atoms with Gasteiger partial charge in [0.2, 0.25) is 15.8 Å². The molecule has 1 saturated heterocycles. The molecule has 2 aromatic carbocycles. The fourth-order valence-electron chi connectivity index (χ4n) is 6.49. The lowest BCUT2D eigenvalue weighted by Gasteiger charge is -2.44. The lowest BCUT2D eigenvalue weighted by atomic mass is 9.83. The molecule has 0 aliphatic carbocycles. The van der Waals surface area contributed by atoms with Crippen LogP contribution < -0.4 is 9.88 Å². The maximum absolute atomic E-state index is 13.6. The molecule has 0 spiro atoms. The van der Waals surface area contributed by atoms with Crippen molar-refractivity contribution >= 4 is 73.0 Å². The molecule has 0 radical (unpaired) electrons. The zero-order valence-corrected chi connectivity index (χ0v) is 34.1. The Morgan fingerprint density at radius 2 is 1.58 bits per heavy atom. The topological polar surface area (TPSA) is 257 Å². The van der Waals surface area contributed by atoms with Crippen LogP contribution >= 0.6 is 23.1 Å². The number of aliphatic hydroxyl groups is 1. The zero-order valence-electron chi connectivity index (χ0n) is 31.6. The van der Waals surface area contributed by atoms with Gasteiger partial charge in [0, 0.05) is 49.7 Å². The number of β-lactam (4-membered cyclic amide) rings is 1. The number of aromatic nitrogens is 2. The van der Waals surface area contributed by atoms with Gasteiger partial charge >= 0.3 is 17.6 Å². The number of nitro benzene ring substituents is 2. The Bertz CT molecular complexity index is 2450. The number of non-ortho nitro benzene ring substituents is 2. The summed E-state index contributed by atoms with van der Waals surface area (Å²) in [6.07, 6.45) is 3.39. The predicted octanol–water partition coefficient (Wildman–Crippen LogP) is 4.57. The van der Waals surface area contributed by atoms with E-state index in [0.29, 0.717) is 42.6 Å². The zero-order chi connectivity index (χ0) is 44.3. The number of esters is 1. The highest BCUT2D eigenvalue weighted by molar-refractivity contribution is 7.98. The number of aryl methyl sites for hydroxylation is 1. The van der Waals surface area contributed by atoms with E-state index in [0.717, 1.165) is 20.6 Å². The average Bonchev–Trinajstić information content (AvgIpc) is 3.83. The van der Waals surface area contributed by atoms with Crippen LogP contribution in [0.2, 0.25) is 0 Å². The maximum Gasteiger partial charge on any atom is 0.485 e. The first-order chi connectivity index (χ1) is 28.1. The predicted molar refractivity (Wildman–Crippen MR) is 204 cm³/mol. The molecule has 2 aromatic heterocycles. The molecule has 60 heavy (non-hydrogen) atoms. The fourth-order valence-corrected chi connectivity index (χ4v) is 8.73. The monoisotopic (exact) mass is 900 g/mol. The number of amides is 2. The van der Waals surface area contributed by atoms with Crippen LogP contribution in [-0.2, 0) is 48.9 Å². The summed E-state index contributed by atoms with van der Waals surface area (Å²) in [7, 11) is -6.09. The lowest BCUT2D eigenvalue weighted by molar-refractivity contribution is -0.735. The highest BCUT2D eigenvalue weighted by Crippen LogP contribution is 2.49. The molecular formula is C35H35F3N6O13S3. The van der Waals surface area contributed by atoms with Crippen LogP contribution in [-0.4, -0.2) is 85.6 Å². The molecule has 0 unspecified atom stereocenters. The molecule has 4 heterocycles. The minimum atomic E-state index is -6.09. The second kappa shape index (κ2) is 18.3. The fraction of sp³-hybridized carbons (Fsp3) is 0.371. The molecule has 322 valence electrons. The first-order valence-corrected chi connectivity index (χ1v) is 21.0. The number of aliphatic hydroxyl groups excluding tert-OH is 1. The lowest BCUT2D eigenvalue weighted by Crippen LogP contribution is -2.61. The van der Waals surface area contributed by atoms with Gasteiger partial charge in [-0.05, 0) is 55.0 Å². The van der Waals surface area contributed by atoms with Gasteiger partial charge < -0.3 is 29.3 Å². The summed E-state index contributed by atoms with van der Waals surface area (Å²) in [6, 6.07) is 11.1. The van der Waals surface area contributed by atoms with Crippen molar-refractivity contribution < 1.29 is 69.5 Å². The third-order valence-electron chi connectivity index (χ3n) is 9.40. The molecule has 2 amide bonds. The van der Waals surface area contributed by atoms with E-state index in [2.05, 4.69) is 9.88 Å². The van der Waals surface area contributed by atoms with Crippen molar-refractivity contribution in [2.75, 3.05) is 12.8 Å². The number of nitrogens with zero attached hydrogens (tertiary/aromatic N) is 5. The molecule has 4 aromatic rings. The van der Waals surface area contributed by atoms with Gasteiger partial charge in [0.15, 0.2) is 10.1 Å². The van der Waals surface area contributed by atoms with Crippen LogP contribution in [0.25, 0.3) is 10.4 Å². The number of thioether (sulfide) groups is 1. The molecule has 1 fully saturated rings. The van der Waals surface area contributed by atoms with Crippen LogP contribution in [0, 0.1) is 33.1 Å². The van der Waals surface area contributed by atoms with Gasteiger partial charge in [0.05, 0.1) is 39.3 Å². The number of benzene rings is 2. The molecule has 0 bridgehead atoms. The minimum Gasteiger partial charge on any atom is -0.741 e. The Kier molecular flexibility index (Phi) is 13.9. The van der Waals surface area contributed by atoms with E-state index in [-0.39, 0.29) is 42.2 Å². The Hall–Kier alpha value is -5.63. The van der Waals surface area contributed by atoms with Crippen molar-refractivity contribution in [3.8, 4) is 0 Å². The highest BCUT2D eigenvalue weighted by atomic mass is 32.2. The van der Waals surface area contributed by atoms with E-state index in [9.17, 15) is 52.9 Å². The van der Waals surface area contributed by atoms with Crippen molar-refractivity contribution in [3.05, 3.63) is 102 Å². The third kappa shape index (κ3) is 9.86. The number of ether oxygens (including phenoxy) is 2. The maximum atomic E-state index is 13.6. The number of rotatable bonds is 14. The Balaban J connectivity index is 0.000000774. The number of halogens is 3. The van der Waals surface area contributed by atoms with Crippen LogP contribution in [0.3, 0.4) is 0 Å². The van der Waals surface area contributed by atoms with Gasteiger partial charge in [-0.25, -0.2) is 22.6 Å². The number of carbonyl (C=O) groups is 3. The number of thiazole rings is 1. The summed E-state index contributed by atoms with van der Waals surface area (Å²) in [4.78, 5) is 63.0. The molecule has 2 aliphatic rings. The van der Waals surface area contributed by atoms with Gasteiger partial charge in [-0.1, -0.05) is 23.1 Å². The molecule has 0 saturated carbocycles. The van der Waals surface area contributed by atoms with E-state index in [4.69, 9.17) is 22.4 Å². The van der Waals surface area contributed by atoms with Gasteiger partial charge in [-0.15, -0.1) is 0 Å². The van der Waals surface area contributed by atoms with Crippen LogP contribution in [0.1, 0.15) is 41.6 Å². The number of carbonyl (C=O) groups excluding carboxylic acids is 3. The molecule has 19 nitrogen and oxygen atoms in total. The molecule has 3 atom stereocenters. The van der Waals surface area contributed by atoms with Crippen molar-refractivity contribution in [2.24, 2.45) is 5.92 Å². The van der Waals surface area contributed by atoms with Crippen molar-refractivity contribution in [3.63, 3.8) is 0 Å². The number of nitro groups is 2. The second-order valence-electron chi connectivity index (χ2n) is 13.2. The van der Waals surface area contributed by atoms with Crippen molar-refractivity contribution in [2.45, 2.75) is 69.1 Å². The summed E-state index contributed by atoms with van der Waals surface area (Å²) in [6.45, 7) is 4.31. The largest absolute Gasteiger partial charge is 0.741 e. The highest BCUT2D eigenvalue weighted by Gasteiger charge is 2.57. The van der Waals surface area contributed by atoms with E-state index < -0.39 is 49.6 Å². The number of nitrogens with one attached hydrogen (secondary N) is 1. The van der Waals surface area contributed by atoms with Crippen LogP contribution in [0.5, 0.6) is 0 Å². The van der Waals surface area contributed by atoms with Gasteiger partial charge in [-0.3, -0.25) is 25.0 Å². The average molecular weight is 901 g/mol. The van der Waals surface area contributed by atoms with Gasteiger partial charge in [0.25, 0.3) is 17.2 Å². The SMILES string of the molecule is CSc1c2sc(C3=C(C(=O)OCc4ccc([N+](=O)[O-])cc4)N4C(=O)[C@H]([C@@H](C)O)[C@H]4C3)cn2c(C)[n+]1CCCNC(=O)OCc1ccc([N+](=O)[O-])cc1.O=S(=O)([O-])C(F)(F)F. The summed E-state index contributed by atoms with van der Waals surface area (Å²) in [5, 5.41) is 35.9. The normalized spacial score (nSPS) is 16.7. The van der Waals surface area contributed by atoms with Crippen LogP contribution in [0.4, 0.5) is 29.3 Å². The summed E-state index contributed by atoms with van der Waals surface area (Å²) < 4.78 is 74.0. The first-order valence-electron chi connectivity index (χ1n) is 17.5. The van der Waals surface area contributed by atoms with E-state index in [1.165, 1.54) is 64.8 Å². The standard InChI is InChI=1S/C34H34N6O10S2.CHF3O3S/c1-19(41)28-26-15-25(29(38(26)30(28)42)33(43)49-17-21-5-9-23(10-6-21)39(45)46)27-16-37-20(2)36(31(51-3)32(37)52-27)14-4-13-35-34(44)50-18-22-7-11-24(12-8-22)40(47)48;2-1(3,4)8(5,6)7/h5-12,16,19,26,28,41H,4,13-15,17-18H2,1-3H3;(H,5,6,7)/t19-,26-,28-;/m1./s1. The molecule has 6 rings (SSSR count). The van der Waals surface area contributed by atoms with Crippen LogP contribution in [0.15, 0.2) is 65.5 Å². The van der Waals surface area contributed by atoms with Crippen molar-refractivity contribution in [1.29, 1.82) is 0 Å². The van der Waals surface area contributed by atoms with Gasteiger partial charge in [-0.2, -0.15) is 17.6 Å². The number of alkyl carbamates (subject to hydrolysis) is 1. The molecule has 25 heteroatoms. The molecule has 2 N–H and O–H groups in total. The Morgan fingerprint density at radius 1 is 1.05 bits per heavy atom. The minimum absolute atomic E-state index is 0.0194. The van der Waals surface area contributed by atoms with E-state index in [1.54, 1.807) is 18.7 Å².